The number of carbonyl (C=O) groups is 3. The van der Waals surface area contributed by atoms with Crippen LogP contribution in [0.25, 0.3) is 0 Å². The molecule has 3 rings (SSSR count). The number of nitrogens with one attached hydrogen (secondary N) is 3. The molecule has 3 N–H and O–H groups in total. The molecular weight excluding hydrogens is 553 g/mol. The van der Waals surface area contributed by atoms with Crippen molar-refractivity contribution in [2.24, 2.45) is 5.10 Å². The van der Waals surface area contributed by atoms with Gasteiger partial charge in [0.2, 0.25) is 0 Å². The lowest BCUT2D eigenvalue weighted by molar-refractivity contribution is -0.139. The summed E-state index contributed by atoms with van der Waals surface area (Å²) in [6.45, 7) is 5.87. The molecule has 0 saturated heterocycles. The summed E-state index contributed by atoms with van der Waals surface area (Å²) in [6, 6.07) is 16.6. The molecule has 0 aliphatic rings. The molecular formula is C30H31F3N4O5. The Morgan fingerprint density at radius 2 is 1.67 bits per heavy atom. The van der Waals surface area contributed by atoms with E-state index in [1.54, 1.807) is 19.1 Å². The fourth-order valence-electron chi connectivity index (χ4n) is 3.61. The van der Waals surface area contributed by atoms with Gasteiger partial charge in [-0.05, 0) is 65.9 Å². The summed E-state index contributed by atoms with van der Waals surface area (Å²) >= 11 is 0. The second-order valence-corrected chi connectivity index (χ2v) is 9.33. The van der Waals surface area contributed by atoms with Crippen LogP contribution in [0, 0.1) is 0 Å². The monoisotopic (exact) mass is 584 g/mol. The normalized spacial score (nSPS) is 11.3. The van der Waals surface area contributed by atoms with Crippen LogP contribution in [-0.4, -0.2) is 37.1 Å². The molecule has 0 atom stereocenters. The molecule has 0 fully saturated rings. The molecule has 0 bridgehead atoms. The lowest BCUT2D eigenvalue weighted by atomic mass is 10.0. The van der Waals surface area contributed by atoms with Gasteiger partial charge in [0.25, 0.3) is 5.91 Å². The van der Waals surface area contributed by atoms with Gasteiger partial charge >= 0.3 is 18.0 Å². The van der Waals surface area contributed by atoms with E-state index in [0.717, 1.165) is 17.7 Å². The molecule has 3 aromatic rings. The number of halogens is 3. The van der Waals surface area contributed by atoms with Gasteiger partial charge < -0.3 is 20.1 Å². The lowest BCUT2D eigenvalue weighted by Crippen LogP contribution is -2.37. The third kappa shape index (κ3) is 9.65. The zero-order valence-corrected chi connectivity index (χ0v) is 23.2. The smallest absolute Gasteiger partial charge is 0.416 e. The van der Waals surface area contributed by atoms with Gasteiger partial charge in [-0.1, -0.05) is 44.2 Å². The number of hydrogen-bond acceptors (Lipinski definition) is 6. The van der Waals surface area contributed by atoms with Crippen LogP contribution in [0.3, 0.4) is 0 Å². The van der Waals surface area contributed by atoms with Crippen LogP contribution >= 0.6 is 0 Å². The van der Waals surface area contributed by atoms with E-state index < -0.39 is 36.1 Å². The average molecular weight is 585 g/mol. The van der Waals surface area contributed by atoms with E-state index in [9.17, 15) is 27.6 Å². The van der Waals surface area contributed by atoms with Crippen LogP contribution in [0.15, 0.2) is 71.8 Å². The molecule has 3 amide bonds. The minimum atomic E-state index is -4.54. The second kappa shape index (κ2) is 14.7. The van der Waals surface area contributed by atoms with Gasteiger partial charge in [0.15, 0.2) is 18.1 Å². The average Bonchev–Trinajstić information content (AvgIpc) is 2.95. The molecule has 0 aliphatic heterocycles. The Hall–Kier alpha value is -4.87. The Balaban J connectivity index is 1.52. The number of anilines is 1. The highest BCUT2D eigenvalue weighted by atomic mass is 19.4. The molecule has 222 valence electrons. The van der Waals surface area contributed by atoms with Crippen molar-refractivity contribution >= 4 is 29.6 Å². The van der Waals surface area contributed by atoms with Gasteiger partial charge in [0.05, 0.1) is 18.4 Å². The van der Waals surface area contributed by atoms with Crippen LogP contribution in [0.4, 0.5) is 18.9 Å². The summed E-state index contributed by atoms with van der Waals surface area (Å²) in [6.07, 6.45) is -3.24. The Bertz CT molecular complexity index is 1420. The van der Waals surface area contributed by atoms with E-state index >= 15 is 0 Å². The van der Waals surface area contributed by atoms with Crippen molar-refractivity contribution in [2.45, 2.75) is 39.4 Å². The fraction of sp³-hybridized carbons (Fsp3) is 0.267. The number of benzene rings is 3. The third-order valence-electron chi connectivity index (χ3n) is 5.79. The molecule has 0 radical (unpaired) electrons. The predicted molar refractivity (Wildman–Crippen MR) is 151 cm³/mol. The standard InChI is InChI=1S/C30H31F3N4O5/c1-4-41-26-14-21(17-35-37-29(40)28(39)34-16-20-8-11-22(12-9-20)19(2)3)10-13-25(26)42-18-27(38)36-24-7-5-6-23(15-24)30(31,32)33/h5-15,17,19H,4,16,18H2,1-3H3,(H,34,39)(H,36,38)(H,37,40)/b35-17-. The highest BCUT2D eigenvalue weighted by molar-refractivity contribution is 6.35. The Morgan fingerprint density at radius 1 is 0.929 bits per heavy atom. The maximum absolute atomic E-state index is 12.9. The van der Waals surface area contributed by atoms with Crippen molar-refractivity contribution in [3.8, 4) is 11.5 Å². The molecule has 9 nitrogen and oxygen atoms in total. The molecule has 0 saturated carbocycles. The molecule has 0 spiro atoms. The van der Waals surface area contributed by atoms with Gasteiger partial charge in [-0.25, -0.2) is 5.43 Å². The fourth-order valence-corrected chi connectivity index (χ4v) is 3.61. The first-order valence-electron chi connectivity index (χ1n) is 13.0. The zero-order chi connectivity index (χ0) is 30.7. The largest absolute Gasteiger partial charge is 0.490 e. The number of hydrogen-bond donors (Lipinski definition) is 3. The van der Waals surface area contributed by atoms with E-state index in [1.165, 1.54) is 30.0 Å². The quantitative estimate of drug-likeness (QED) is 0.166. The van der Waals surface area contributed by atoms with E-state index in [2.05, 4.69) is 35.0 Å². The lowest BCUT2D eigenvalue weighted by Gasteiger charge is -2.13. The van der Waals surface area contributed by atoms with Gasteiger partial charge in [0, 0.05) is 12.2 Å². The number of hydrazone groups is 1. The maximum atomic E-state index is 12.9. The molecule has 12 heteroatoms. The second-order valence-electron chi connectivity index (χ2n) is 9.33. The third-order valence-corrected chi connectivity index (χ3v) is 5.79. The van der Waals surface area contributed by atoms with Crippen molar-refractivity contribution in [2.75, 3.05) is 18.5 Å². The van der Waals surface area contributed by atoms with Crippen LogP contribution in [-0.2, 0) is 27.1 Å². The summed E-state index contributed by atoms with van der Waals surface area (Å²) in [4.78, 5) is 36.5. The van der Waals surface area contributed by atoms with Crippen molar-refractivity contribution in [3.63, 3.8) is 0 Å². The van der Waals surface area contributed by atoms with Crippen molar-refractivity contribution in [3.05, 3.63) is 89.0 Å². The Morgan fingerprint density at radius 3 is 2.33 bits per heavy atom. The summed E-state index contributed by atoms with van der Waals surface area (Å²) in [5.41, 5.74) is 3.76. The zero-order valence-electron chi connectivity index (χ0n) is 23.2. The summed E-state index contributed by atoms with van der Waals surface area (Å²) in [5.74, 6) is -1.60. The van der Waals surface area contributed by atoms with Gasteiger partial charge in [-0.3, -0.25) is 14.4 Å². The number of nitrogens with zero attached hydrogens (tertiary/aromatic N) is 1. The highest BCUT2D eigenvalue weighted by Crippen LogP contribution is 2.31. The minimum absolute atomic E-state index is 0.0222. The highest BCUT2D eigenvalue weighted by Gasteiger charge is 2.30. The Kier molecular flexibility index (Phi) is 11.1. The molecule has 0 aromatic heterocycles. The number of rotatable bonds is 11. The topological polar surface area (TPSA) is 118 Å². The summed E-state index contributed by atoms with van der Waals surface area (Å²) in [7, 11) is 0. The van der Waals surface area contributed by atoms with Crippen LogP contribution in [0.2, 0.25) is 0 Å². The first kappa shape index (κ1) is 31.7. The Labute approximate surface area is 241 Å². The molecule has 0 heterocycles. The SMILES string of the molecule is CCOc1cc(/C=N\NC(=O)C(=O)NCc2ccc(C(C)C)cc2)ccc1OCC(=O)Nc1cccc(C(F)(F)F)c1. The minimum Gasteiger partial charge on any atom is -0.490 e. The van der Waals surface area contributed by atoms with Crippen LogP contribution < -0.4 is 25.5 Å². The molecule has 3 aromatic carbocycles. The molecule has 0 unspecified atom stereocenters. The first-order chi connectivity index (χ1) is 20.0. The maximum Gasteiger partial charge on any atom is 0.416 e. The van der Waals surface area contributed by atoms with Crippen molar-refractivity contribution in [1.29, 1.82) is 0 Å². The van der Waals surface area contributed by atoms with Gasteiger partial charge in [-0.15, -0.1) is 0 Å². The van der Waals surface area contributed by atoms with E-state index in [0.29, 0.717) is 11.5 Å². The number of ether oxygens (including phenoxy) is 2. The summed E-state index contributed by atoms with van der Waals surface area (Å²) < 4.78 is 49.7. The number of amides is 3. The predicted octanol–water partition coefficient (Wildman–Crippen LogP) is 5.01. The van der Waals surface area contributed by atoms with Crippen LogP contribution in [0.1, 0.15) is 48.9 Å². The number of alkyl halides is 3. The van der Waals surface area contributed by atoms with E-state index in [4.69, 9.17) is 9.47 Å². The van der Waals surface area contributed by atoms with Gasteiger partial charge in [0.1, 0.15) is 0 Å². The van der Waals surface area contributed by atoms with E-state index in [-0.39, 0.29) is 30.3 Å². The van der Waals surface area contributed by atoms with Crippen molar-refractivity contribution in [1.82, 2.24) is 10.7 Å². The number of carbonyl (C=O) groups excluding carboxylic acids is 3. The van der Waals surface area contributed by atoms with Crippen molar-refractivity contribution < 1.29 is 37.0 Å². The van der Waals surface area contributed by atoms with Crippen LogP contribution in [0.5, 0.6) is 11.5 Å². The van der Waals surface area contributed by atoms with E-state index in [1.807, 2.05) is 24.3 Å². The molecule has 42 heavy (non-hydrogen) atoms. The first-order valence-corrected chi connectivity index (χ1v) is 13.0. The summed E-state index contributed by atoms with van der Waals surface area (Å²) in [5, 5.41) is 8.69. The molecule has 0 aliphatic carbocycles. The van der Waals surface area contributed by atoms with Gasteiger partial charge in [-0.2, -0.15) is 18.3 Å².